The average molecular weight is 417 g/mol. The number of amides is 1. The number of carbonyl (C=O) groups is 1. The molecule has 1 atom stereocenters. The Hall–Kier alpha value is -2.97. The molecule has 3 rings (SSSR count). The van der Waals surface area contributed by atoms with Crippen LogP contribution in [0.25, 0.3) is 16.6 Å². The number of imidazole rings is 1. The van der Waals surface area contributed by atoms with E-state index in [1.165, 1.54) is 0 Å². The number of primary amides is 1. The number of carbonyl (C=O) groups excluding carboxylic acids is 1. The number of aryl methyl sites for hydroxylation is 2. The van der Waals surface area contributed by atoms with Crippen molar-refractivity contribution < 1.29 is 4.79 Å². The molecule has 3 aromatic rings. The third kappa shape index (κ3) is 4.44. The standard InChI is InChI=1S/C25H28N3OP/c1-5-7-21(17(4)30)19-11-9-18(10-12-19)15-28-22-14-20(25(26)29)13-16(3)24(22)27-23(28)8-6-2/h5,7,9-14H,1,4,6,8,15,30H2,2-3H3,(H2,26,29)/b21-7+. The highest BCUT2D eigenvalue weighted by Crippen LogP contribution is 2.28. The minimum Gasteiger partial charge on any atom is -0.366 e. The topological polar surface area (TPSA) is 60.9 Å². The Morgan fingerprint density at radius 3 is 2.50 bits per heavy atom. The molecular formula is C25H28N3OP. The predicted octanol–water partition coefficient (Wildman–Crippen LogP) is 5.40. The average Bonchev–Trinajstić information content (AvgIpc) is 3.05. The van der Waals surface area contributed by atoms with E-state index in [1.54, 1.807) is 6.08 Å². The summed E-state index contributed by atoms with van der Waals surface area (Å²) in [6.45, 7) is 12.6. The molecule has 0 radical (unpaired) electrons. The Morgan fingerprint density at radius 2 is 1.93 bits per heavy atom. The van der Waals surface area contributed by atoms with Gasteiger partial charge in [-0.15, -0.1) is 9.24 Å². The van der Waals surface area contributed by atoms with Crippen LogP contribution < -0.4 is 5.73 Å². The van der Waals surface area contributed by atoms with Crippen LogP contribution in [0.5, 0.6) is 0 Å². The third-order valence-electron chi connectivity index (χ3n) is 5.12. The van der Waals surface area contributed by atoms with Gasteiger partial charge in [-0.2, -0.15) is 0 Å². The number of allylic oxidation sites excluding steroid dienone is 4. The fourth-order valence-corrected chi connectivity index (χ4v) is 3.92. The minimum absolute atomic E-state index is 0.423. The van der Waals surface area contributed by atoms with Gasteiger partial charge < -0.3 is 10.3 Å². The van der Waals surface area contributed by atoms with Crippen LogP contribution in [-0.2, 0) is 13.0 Å². The van der Waals surface area contributed by atoms with E-state index >= 15 is 0 Å². The summed E-state index contributed by atoms with van der Waals surface area (Å²) in [6, 6.07) is 12.1. The Morgan fingerprint density at radius 1 is 1.23 bits per heavy atom. The van der Waals surface area contributed by atoms with Gasteiger partial charge >= 0.3 is 0 Å². The molecule has 0 bridgehead atoms. The van der Waals surface area contributed by atoms with Crippen LogP contribution in [0.1, 0.15) is 46.2 Å². The molecule has 0 aliphatic rings. The molecule has 1 unspecified atom stereocenters. The first kappa shape index (κ1) is 21.7. The second kappa shape index (κ2) is 9.23. The first-order valence-electron chi connectivity index (χ1n) is 10.0. The van der Waals surface area contributed by atoms with Crippen molar-refractivity contribution >= 4 is 31.8 Å². The molecule has 1 amide bonds. The van der Waals surface area contributed by atoms with Crippen molar-refractivity contribution in [2.45, 2.75) is 33.2 Å². The summed E-state index contributed by atoms with van der Waals surface area (Å²) in [4.78, 5) is 16.6. The molecule has 2 N–H and O–H groups in total. The number of nitrogens with two attached hydrogens (primary N) is 1. The fourth-order valence-electron chi connectivity index (χ4n) is 3.65. The van der Waals surface area contributed by atoms with Crippen LogP contribution in [-0.4, -0.2) is 15.5 Å². The van der Waals surface area contributed by atoms with Crippen molar-refractivity contribution in [3.8, 4) is 0 Å². The normalized spacial score (nSPS) is 11.6. The van der Waals surface area contributed by atoms with E-state index in [9.17, 15) is 4.79 Å². The van der Waals surface area contributed by atoms with Gasteiger partial charge in [0.05, 0.1) is 11.0 Å². The Labute approximate surface area is 180 Å². The number of fused-ring (bicyclic) bond motifs is 1. The molecule has 0 saturated heterocycles. The summed E-state index contributed by atoms with van der Waals surface area (Å²) < 4.78 is 2.20. The van der Waals surface area contributed by atoms with Crippen LogP contribution in [0.2, 0.25) is 0 Å². The van der Waals surface area contributed by atoms with E-state index in [0.717, 1.165) is 57.3 Å². The quantitative estimate of drug-likeness (QED) is 0.394. The lowest BCUT2D eigenvalue weighted by molar-refractivity contribution is 0.100. The third-order valence-corrected chi connectivity index (χ3v) is 5.43. The molecule has 0 spiro atoms. The second-order valence-corrected chi connectivity index (χ2v) is 8.12. The number of benzene rings is 2. The molecule has 30 heavy (non-hydrogen) atoms. The number of aromatic nitrogens is 2. The maximum absolute atomic E-state index is 11.8. The van der Waals surface area contributed by atoms with E-state index in [2.05, 4.69) is 58.2 Å². The minimum atomic E-state index is -0.423. The van der Waals surface area contributed by atoms with E-state index in [1.807, 2.05) is 25.1 Å². The van der Waals surface area contributed by atoms with Crippen molar-refractivity contribution in [1.29, 1.82) is 0 Å². The lowest BCUT2D eigenvalue weighted by Crippen LogP contribution is -2.11. The monoisotopic (exact) mass is 417 g/mol. The van der Waals surface area contributed by atoms with Crippen molar-refractivity contribution in [2.24, 2.45) is 5.73 Å². The summed E-state index contributed by atoms with van der Waals surface area (Å²) in [5.74, 6) is 0.597. The van der Waals surface area contributed by atoms with Gasteiger partial charge in [-0.05, 0) is 53.1 Å². The Kier molecular flexibility index (Phi) is 6.69. The second-order valence-electron chi connectivity index (χ2n) is 7.43. The zero-order valence-electron chi connectivity index (χ0n) is 17.6. The smallest absolute Gasteiger partial charge is 0.248 e. The fraction of sp³-hybridized carbons (Fsp3) is 0.200. The molecule has 5 heteroatoms. The van der Waals surface area contributed by atoms with Crippen molar-refractivity contribution in [3.05, 3.63) is 95.1 Å². The van der Waals surface area contributed by atoms with E-state index in [-0.39, 0.29) is 0 Å². The van der Waals surface area contributed by atoms with E-state index in [4.69, 9.17) is 10.7 Å². The molecule has 0 fully saturated rings. The summed E-state index contributed by atoms with van der Waals surface area (Å²) in [5, 5.41) is 0.919. The van der Waals surface area contributed by atoms with Gasteiger partial charge in [0.25, 0.3) is 0 Å². The molecule has 154 valence electrons. The van der Waals surface area contributed by atoms with Gasteiger partial charge in [-0.25, -0.2) is 4.98 Å². The molecule has 4 nitrogen and oxygen atoms in total. The predicted molar refractivity (Wildman–Crippen MR) is 130 cm³/mol. The molecule has 1 heterocycles. The van der Waals surface area contributed by atoms with Gasteiger partial charge in [0.2, 0.25) is 5.91 Å². The van der Waals surface area contributed by atoms with Crippen LogP contribution in [0.4, 0.5) is 0 Å². The maximum Gasteiger partial charge on any atom is 0.248 e. The SMILES string of the molecule is C=C/C=C(\C(=C)P)c1ccc(Cn2c(CCC)nc3c(C)cc(C(N)=O)cc32)cc1. The van der Waals surface area contributed by atoms with Crippen molar-refractivity contribution in [3.63, 3.8) is 0 Å². The summed E-state index contributed by atoms with van der Waals surface area (Å²) >= 11 is 0. The number of nitrogens with zero attached hydrogens (tertiary/aromatic N) is 2. The van der Waals surface area contributed by atoms with Crippen LogP contribution in [0.15, 0.2) is 67.0 Å². The van der Waals surface area contributed by atoms with Gasteiger partial charge in [-0.3, -0.25) is 4.79 Å². The van der Waals surface area contributed by atoms with Crippen LogP contribution in [0.3, 0.4) is 0 Å². The van der Waals surface area contributed by atoms with E-state index in [0.29, 0.717) is 12.1 Å². The molecule has 0 aliphatic carbocycles. The number of rotatable bonds is 8. The molecule has 2 aromatic carbocycles. The number of hydrogen-bond acceptors (Lipinski definition) is 2. The highest BCUT2D eigenvalue weighted by Gasteiger charge is 2.15. The highest BCUT2D eigenvalue weighted by molar-refractivity contribution is 7.23. The van der Waals surface area contributed by atoms with Gasteiger partial charge in [-0.1, -0.05) is 56.5 Å². The van der Waals surface area contributed by atoms with Crippen molar-refractivity contribution in [2.75, 3.05) is 0 Å². The summed E-state index contributed by atoms with van der Waals surface area (Å²) in [7, 11) is 2.65. The van der Waals surface area contributed by atoms with Gasteiger partial charge in [0.1, 0.15) is 5.82 Å². The lowest BCUT2D eigenvalue weighted by Gasteiger charge is -2.12. The maximum atomic E-state index is 11.8. The Balaban J connectivity index is 2.05. The highest BCUT2D eigenvalue weighted by atomic mass is 31.0. The number of hydrogen-bond donors (Lipinski definition) is 1. The van der Waals surface area contributed by atoms with Crippen LogP contribution >= 0.6 is 9.24 Å². The molecule has 0 aliphatic heterocycles. The first-order valence-corrected chi connectivity index (χ1v) is 10.6. The summed E-state index contributed by atoms with van der Waals surface area (Å²) in [5.41, 5.74) is 12.2. The summed E-state index contributed by atoms with van der Waals surface area (Å²) in [6.07, 6.45) is 5.60. The molecule has 1 aromatic heterocycles. The van der Waals surface area contributed by atoms with Gasteiger partial charge in [0, 0.05) is 18.5 Å². The zero-order chi connectivity index (χ0) is 21.8. The largest absolute Gasteiger partial charge is 0.366 e. The van der Waals surface area contributed by atoms with Gasteiger partial charge in [0.15, 0.2) is 0 Å². The van der Waals surface area contributed by atoms with Crippen LogP contribution in [0, 0.1) is 6.92 Å². The van der Waals surface area contributed by atoms with E-state index < -0.39 is 5.91 Å². The Bertz CT molecular complexity index is 1150. The zero-order valence-corrected chi connectivity index (χ0v) is 18.8. The first-order chi connectivity index (χ1) is 14.3. The molecular weight excluding hydrogens is 389 g/mol. The van der Waals surface area contributed by atoms with Crippen molar-refractivity contribution in [1.82, 2.24) is 9.55 Å². The molecule has 0 saturated carbocycles. The lowest BCUT2D eigenvalue weighted by atomic mass is 10.0.